The van der Waals surface area contributed by atoms with Gasteiger partial charge >= 0.3 is 5.97 Å². The van der Waals surface area contributed by atoms with E-state index in [0.717, 1.165) is 37.6 Å². The van der Waals surface area contributed by atoms with Crippen molar-refractivity contribution in [2.24, 2.45) is 0 Å². The maximum Gasteiger partial charge on any atom is 0.337 e. The number of morpholine rings is 1. The zero-order chi connectivity index (χ0) is 30.1. The molecule has 1 aliphatic heterocycles. The monoisotopic (exact) mass is 594 g/mol. The smallest absolute Gasteiger partial charge is 0.337 e. The van der Waals surface area contributed by atoms with E-state index in [0.29, 0.717) is 30.3 Å². The van der Waals surface area contributed by atoms with Crippen LogP contribution >= 0.6 is 22.9 Å². The Kier molecular flexibility index (Phi) is 9.14. The summed E-state index contributed by atoms with van der Waals surface area (Å²) in [7, 11) is 0. The summed E-state index contributed by atoms with van der Waals surface area (Å²) in [6.45, 7) is 19.3. The molecule has 1 fully saturated rings. The summed E-state index contributed by atoms with van der Waals surface area (Å²) in [5.74, 6) is -1.04. The molecule has 0 saturated carbocycles. The van der Waals surface area contributed by atoms with E-state index in [1.165, 1.54) is 5.56 Å². The lowest BCUT2D eigenvalue weighted by Crippen LogP contribution is -2.48. The maximum atomic E-state index is 12.6. The van der Waals surface area contributed by atoms with E-state index in [1.54, 1.807) is 17.4 Å². The summed E-state index contributed by atoms with van der Waals surface area (Å²) in [6, 6.07) is 10.4. The third kappa shape index (κ3) is 6.92. The van der Waals surface area contributed by atoms with Crippen molar-refractivity contribution in [3.8, 4) is 0 Å². The van der Waals surface area contributed by atoms with Crippen molar-refractivity contribution in [1.82, 2.24) is 4.98 Å². The molecule has 2 heterocycles. The van der Waals surface area contributed by atoms with Crippen molar-refractivity contribution >= 4 is 49.8 Å². The van der Waals surface area contributed by atoms with Gasteiger partial charge in [-0.3, -0.25) is 0 Å². The van der Waals surface area contributed by atoms with Crippen LogP contribution in [-0.2, 0) is 19.9 Å². The minimum Gasteiger partial charge on any atom is -0.479 e. The number of fused-ring (bicyclic) bond motifs is 1. The average Bonchev–Trinajstić information content (AvgIpc) is 3.31. The van der Waals surface area contributed by atoms with E-state index in [1.807, 2.05) is 52.8 Å². The zero-order valence-electron chi connectivity index (χ0n) is 24.9. The number of carbonyl (C=O) groups is 1. The van der Waals surface area contributed by atoms with Gasteiger partial charge in [0.1, 0.15) is 5.60 Å². The lowest BCUT2D eigenvalue weighted by atomic mass is 9.90. The van der Waals surface area contributed by atoms with Gasteiger partial charge in [0.2, 0.25) is 0 Å². The van der Waals surface area contributed by atoms with Crippen molar-refractivity contribution in [3.05, 3.63) is 88.0 Å². The quantitative estimate of drug-likeness (QED) is 0.264. The number of anilines is 1. The molecule has 1 aliphatic rings. The first kappa shape index (κ1) is 31.0. The number of nitrogens with zero attached hydrogens (tertiary/aromatic N) is 2. The first-order chi connectivity index (χ1) is 19.2. The van der Waals surface area contributed by atoms with E-state index >= 15 is 0 Å². The largest absolute Gasteiger partial charge is 0.479 e. The third-order valence-electron chi connectivity index (χ3n) is 7.13. The highest BCUT2D eigenvalue weighted by Gasteiger charge is 2.36. The third-order valence-corrected chi connectivity index (χ3v) is 8.40. The number of aliphatic carboxylic acids is 1. The molecule has 0 amide bonds. The summed E-state index contributed by atoms with van der Waals surface area (Å²) in [6.07, 6.45) is 4.36. The summed E-state index contributed by atoms with van der Waals surface area (Å²) in [5.41, 5.74) is 4.99. The minimum absolute atomic E-state index is 0.379. The number of benzene rings is 2. The second kappa shape index (κ2) is 12.1. The number of aryl methyl sites for hydroxylation is 2. The van der Waals surface area contributed by atoms with Crippen LogP contribution in [0.5, 0.6) is 0 Å². The number of rotatable bonds is 8. The molecule has 3 aromatic rings. The summed E-state index contributed by atoms with van der Waals surface area (Å²) in [4.78, 5) is 20.0. The molecular formula is C33H39ClN2O4S. The first-order valence-electron chi connectivity index (χ1n) is 13.7. The second-order valence-corrected chi connectivity index (χ2v) is 13.1. The molecule has 41 heavy (non-hydrogen) atoms. The number of carboxylic acid groups (broad SMARTS) is 1. The molecule has 1 unspecified atom stereocenters. The number of allylic oxidation sites excluding steroid dienone is 5. The van der Waals surface area contributed by atoms with Crippen molar-refractivity contribution in [3.63, 3.8) is 0 Å². The number of aromatic nitrogens is 1. The molecule has 0 radical (unpaired) electrons. The molecular weight excluding hydrogens is 556 g/mol. The van der Waals surface area contributed by atoms with Crippen LogP contribution in [0.3, 0.4) is 0 Å². The van der Waals surface area contributed by atoms with Gasteiger partial charge in [-0.2, -0.15) is 0 Å². The molecule has 6 nitrogen and oxygen atoms in total. The standard InChI is InChI=1S/C33H39ClN2O4S/c1-9-23(13-12-22(4)34)27-26(28(30(37)38)40-32(5,6)7)21(3)18-25-29(27)41-31(35-25)36-16-17-39-33(8,19-36)24-14-10-20(2)11-15-24/h9-15,18,28H,4,16-17,19H2,1-3,5-8H3,(H,37,38)/b13-12-,23-9+/t28-,33?/m0/s1. The van der Waals surface area contributed by atoms with Crippen molar-refractivity contribution in [2.75, 3.05) is 24.6 Å². The molecule has 4 rings (SSSR count). The normalized spacial score (nSPS) is 19.2. The van der Waals surface area contributed by atoms with Crippen LogP contribution < -0.4 is 4.90 Å². The highest BCUT2D eigenvalue weighted by molar-refractivity contribution is 7.22. The molecule has 2 aromatic carbocycles. The Balaban J connectivity index is 1.89. The topological polar surface area (TPSA) is 71.9 Å². The Bertz CT molecular complexity index is 1520. The van der Waals surface area contributed by atoms with Crippen molar-refractivity contribution in [2.45, 2.75) is 65.8 Å². The van der Waals surface area contributed by atoms with Gasteiger partial charge < -0.3 is 19.5 Å². The van der Waals surface area contributed by atoms with Gasteiger partial charge in [-0.15, -0.1) is 0 Å². The highest BCUT2D eigenvalue weighted by atomic mass is 35.5. The fourth-order valence-corrected chi connectivity index (χ4v) is 6.38. The van der Waals surface area contributed by atoms with E-state index in [-0.39, 0.29) is 0 Å². The number of carboxylic acids is 1. The first-order valence-corrected chi connectivity index (χ1v) is 14.9. The molecule has 2 atom stereocenters. The fourth-order valence-electron chi connectivity index (χ4n) is 5.16. The molecule has 218 valence electrons. The van der Waals surface area contributed by atoms with Crippen LogP contribution in [0.25, 0.3) is 15.8 Å². The summed E-state index contributed by atoms with van der Waals surface area (Å²) in [5, 5.41) is 11.6. The average molecular weight is 595 g/mol. The van der Waals surface area contributed by atoms with E-state index in [2.05, 4.69) is 49.6 Å². The van der Waals surface area contributed by atoms with E-state index in [9.17, 15) is 9.90 Å². The van der Waals surface area contributed by atoms with E-state index < -0.39 is 23.3 Å². The Morgan fingerprint density at radius 3 is 2.54 bits per heavy atom. The van der Waals surface area contributed by atoms with Gasteiger partial charge in [0.25, 0.3) is 0 Å². The van der Waals surface area contributed by atoms with Crippen LogP contribution in [0.4, 0.5) is 5.13 Å². The van der Waals surface area contributed by atoms with Gasteiger partial charge in [-0.25, -0.2) is 9.78 Å². The number of hydrogen-bond donors (Lipinski definition) is 1. The van der Waals surface area contributed by atoms with Crippen LogP contribution in [0.1, 0.15) is 68.5 Å². The van der Waals surface area contributed by atoms with Crippen molar-refractivity contribution < 1.29 is 19.4 Å². The predicted molar refractivity (Wildman–Crippen MR) is 170 cm³/mol. The maximum absolute atomic E-state index is 12.6. The van der Waals surface area contributed by atoms with Gasteiger partial charge in [-0.1, -0.05) is 71.5 Å². The number of halogens is 1. The SMILES string of the molecule is C=C(Cl)/C=C\C(=C/C)c1c([C@H](OC(C)(C)C)C(=O)O)c(C)cc2nc(N3CCOC(C)(c4ccc(C)cc4)C3)sc12. The van der Waals surface area contributed by atoms with E-state index in [4.69, 9.17) is 26.1 Å². The van der Waals surface area contributed by atoms with Gasteiger partial charge in [-0.05, 0) is 77.3 Å². The molecule has 1 N–H and O–H groups in total. The predicted octanol–water partition coefficient (Wildman–Crippen LogP) is 8.32. The van der Waals surface area contributed by atoms with Crippen molar-refractivity contribution in [1.29, 1.82) is 0 Å². The minimum atomic E-state index is -1.17. The summed E-state index contributed by atoms with van der Waals surface area (Å²) < 4.78 is 13.3. The molecule has 8 heteroatoms. The molecule has 1 saturated heterocycles. The lowest BCUT2D eigenvalue weighted by Gasteiger charge is -2.40. The summed E-state index contributed by atoms with van der Waals surface area (Å²) >= 11 is 7.65. The fraction of sp³-hybridized carbons (Fsp3) is 0.394. The molecule has 0 spiro atoms. The lowest BCUT2D eigenvalue weighted by molar-refractivity contribution is -0.160. The number of ether oxygens (including phenoxy) is 2. The van der Waals surface area contributed by atoms with Gasteiger partial charge in [0.05, 0.1) is 29.0 Å². The molecule has 0 bridgehead atoms. The van der Waals surface area contributed by atoms with Crippen LogP contribution in [0.2, 0.25) is 0 Å². The second-order valence-electron chi connectivity index (χ2n) is 11.7. The Morgan fingerprint density at radius 2 is 1.95 bits per heavy atom. The number of hydrogen-bond acceptors (Lipinski definition) is 6. The molecule has 0 aliphatic carbocycles. The molecule has 1 aromatic heterocycles. The zero-order valence-corrected chi connectivity index (χ0v) is 26.4. The van der Waals surface area contributed by atoms with Crippen LogP contribution in [0.15, 0.2) is 60.2 Å². The van der Waals surface area contributed by atoms with Crippen LogP contribution in [-0.4, -0.2) is 41.4 Å². The highest BCUT2D eigenvalue weighted by Crippen LogP contribution is 2.43. The van der Waals surface area contributed by atoms with Gasteiger partial charge in [0.15, 0.2) is 11.2 Å². The Morgan fingerprint density at radius 1 is 1.27 bits per heavy atom. The Hall–Kier alpha value is -2.97. The Labute approximate surface area is 252 Å². The number of thiazole rings is 1. The van der Waals surface area contributed by atoms with Gasteiger partial charge in [0, 0.05) is 22.7 Å². The van der Waals surface area contributed by atoms with Crippen LogP contribution in [0, 0.1) is 13.8 Å².